The lowest BCUT2D eigenvalue weighted by molar-refractivity contribution is 0.0700. The van der Waals surface area contributed by atoms with Gasteiger partial charge >= 0.3 is 0 Å². The third kappa shape index (κ3) is 3.47. The zero-order chi connectivity index (χ0) is 13.0. The number of rotatable bonds is 4. The Morgan fingerprint density at radius 3 is 2.94 bits per heavy atom. The Morgan fingerprint density at radius 1 is 1.39 bits per heavy atom. The van der Waals surface area contributed by atoms with Crippen molar-refractivity contribution in [1.82, 2.24) is 4.90 Å². The van der Waals surface area contributed by atoms with E-state index in [4.69, 9.17) is 4.74 Å². The van der Waals surface area contributed by atoms with Crippen LogP contribution in [0.1, 0.15) is 31.2 Å². The van der Waals surface area contributed by atoms with E-state index in [0.717, 1.165) is 31.6 Å². The van der Waals surface area contributed by atoms with Gasteiger partial charge in [-0.15, -0.1) is 0 Å². The maximum Gasteiger partial charge on any atom is 0.119 e. The number of benzene rings is 1. The highest BCUT2D eigenvalue weighted by Gasteiger charge is 2.23. The van der Waals surface area contributed by atoms with E-state index in [1.54, 1.807) is 7.11 Å². The molecule has 1 saturated carbocycles. The Hall–Kier alpha value is -1.06. The molecular weight excluding hydrogens is 226 g/mol. The summed E-state index contributed by atoms with van der Waals surface area (Å²) in [7, 11) is 3.84. The van der Waals surface area contributed by atoms with Gasteiger partial charge in [0.25, 0.3) is 0 Å². The summed E-state index contributed by atoms with van der Waals surface area (Å²) in [4.78, 5) is 2.34. The number of ether oxygens (including phenoxy) is 1. The van der Waals surface area contributed by atoms with Crippen LogP contribution in [0.3, 0.4) is 0 Å². The molecule has 0 heterocycles. The van der Waals surface area contributed by atoms with Crippen molar-refractivity contribution in [3.05, 3.63) is 29.8 Å². The van der Waals surface area contributed by atoms with Gasteiger partial charge in [-0.3, -0.25) is 4.90 Å². The lowest BCUT2D eigenvalue weighted by atomic mass is 9.92. The minimum Gasteiger partial charge on any atom is -0.497 e. The van der Waals surface area contributed by atoms with E-state index >= 15 is 0 Å². The standard InChI is InChI=1S/C15H23NO2/c1-16(13-6-4-7-14(17)10-13)11-12-5-3-8-15(9-12)18-2/h3,5,8-9,13-14,17H,4,6-7,10-11H2,1-2H3. The molecule has 100 valence electrons. The fraction of sp³-hybridized carbons (Fsp3) is 0.600. The van der Waals surface area contributed by atoms with Crippen LogP contribution in [0.15, 0.2) is 24.3 Å². The third-order valence-corrected chi connectivity index (χ3v) is 3.81. The predicted octanol–water partition coefficient (Wildman–Crippen LogP) is 2.43. The van der Waals surface area contributed by atoms with E-state index in [2.05, 4.69) is 24.1 Å². The van der Waals surface area contributed by atoms with E-state index in [1.165, 1.54) is 12.0 Å². The average Bonchev–Trinajstić information content (AvgIpc) is 2.39. The van der Waals surface area contributed by atoms with Crippen LogP contribution < -0.4 is 4.74 Å². The molecule has 18 heavy (non-hydrogen) atoms. The van der Waals surface area contributed by atoms with Crippen LogP contribution in [0.5, 0.6) is 5.75 Å². The van der Waals surface area contributed by atoms with Crippen LogP contribution in [0.2, 0.25) is 0 Å². The van der Waals surface area contributed by atoms with E-state index in [-0.39, 0.29) is 6.10 Å². The minimum atomic E-state index is -0.114. The van der Waals surface area contributed by atoms with E-state index in [1.807, 2.05) is 12.1 Å². The average molecular weight is 249 g/mol. The number of hydrogen-bond acceptors (Lipinski definition) is 3. The zero-order valence-corrected chi connectivity index (χ0v) is 11.3. The van der Waals surface area contributed by atoms with Crippen LogP contribution in [-0.4, -0.2) is 36.3 Å². The molecule has 0 saturated heterocycles. The van der Waals surface area contributed by atoms with Gasteiger partial charge in [0.2, 0.25) is 0 Å². The Labute approximate surface area is 109 Å². The van der Waals surface area contributed by atoms with Gasteiger partial charge in [0.1, 0.15) is 5.75 Å². The van der Waals surface area contributed by atoms with E-state index in [0.29, 0.717) is 6.04 Å². The highest BCUT2D eigenvalue weighted by atomic mass is 16.5. The fourth-order valence-corrected chi connectivity index (χ4v) is 2.73. The largest absolute Gasteiger partial charge is 0.497 e. The first-order valence-electron chi connectivity index (χ1n) is 6.70. The smallest absolute Gasteiger partial charge is 0.119 e. The Morgan fingerprint density at radius 2 is 2.22 bits per heavy atom. The first-order valence-corrected chi connectivity index (χ1v) is 6.70. The summed E-state index contributed by atoms with van der Waals surface area (Å²) >= 11 is 0. The van der Waals surface area contributed by atoms with Crippen molar-refractivity contribution in [3.63, 3.8) is 0 Å². The zero-order valence-electron chi connectivity index (χ0n) is 11.3. The summed E-state index contributed by atoms with van der Waals surface area (Å²) in [6, 6.07) is 8.69. The molecule has 3 heteroatoms. The first kappa shape index (κ1) is 13.4. The van der Waals surface area contributed by atoms with Gasteiger partial charge in [0, 0.05) is 12.6 Å². The summed E-state index contributed by atoms with van der Waals surface area (Å²) in [5, 5.41) is 9.73. The molecule has 1 aromatic rings. The molecular formula is C15H23NO2. The first-order chi connectivity index (χ1) is 8.69. The molecule has 2 atom stereocenters. The number of hydrogen-bond donors (Lipinski definition) is 1. The molecule has 2 rings (SSSR count). The van der Waals surface area contributed by atoms with Crippen molar-refractivity contribution < 1.29 is 9.84 Å². The highest BCUT2D eigenvalue weighted by Crippen LogP contribution is 2.24. The van der Waals surface area contributed by atoms with Gasteiger partial charge in [-0.05, 0) is 50.4 Å². The topological polar surface area (TPSA) is 32.7 Å². The number of nitrogens with zero attached hydrogens (tertiary/aromatic N) is 1. The Bertz CT molecular complexity index is 381. The second-order valence-electron chi connectivity index (χ2n) is 5.24. The maximum absolute atomic E-state index is 9.73. The molecule has 0 bridgehead atoms. The fourth-order valence-electron chi connectivity index (χ4n) is 2.73. The van der Waals surface area contributed by atoms with Crippen molar-refractivity contribution in [2.45, 2.75) is 44.4 Å². The number of aliphatic hydroxyl groups excluding tert-OH is 1. The summed E-state index contributed by atoms with van der Waals surface area (Å²) in [5.74, 6) is 0.907. The highest BCUT2D eigenvalue weighted by molar-refractivity contribution is 5.28. The van der Waals surface area contributed by atoms with Crippen molar-refractivity contribution in [3.8, 4) is 5.75 Å². The summed E-state index contributed by atoms with van der Waals surface area (Å²) in [6.07, 6.45) is 4.08. The molecule has 1 aromatic carbocycles. The van der Waals surface area contributed by atoms with Gasteiger partial charge in [-0.25, -0.2) is 0 Å². The normalized spacial score (nSPS) is 24.2. The van der Waals surface area contributed by atoms with E-state index in [9.17, 15) is 5.11 Å². The molecule has 0 aromatic heterocycles. The molecule has 1 fully saturated rings. The Balaban J connectivity index is 1.95. The van der Waals surface area contributed by atoms with Gasteiger partial charge in [0.05, 0.1) is 13.2 Å². The van der Waals surface area contributed by atoms with Gasteiger partial charge in [-0.2, -0.15) is 0 Å². The summed E-state index contributed by atoms with van der Waals surface area (Å²) in [6.45, 7) is 0.911. The molecule has 1 aliphatic rings. The van der Waals surface area contributed by atoms with Crippen LogP contribution >= 0.6 is 0 Å². The second kappa shape index (κ2) is 6.21. The van der Waals surface area contributed by atoms with Crippen LogP contribution in [-0.2, 0) is 6.54 Å². The molecule has 1 aliphatic carbocycles. The molecule has 0 aliphatic heterocycles. The van der Waals surface area contributed by atoms with Gasteiger partial charge in [-0.1, -0.05) is 12.1 Å². The van der Waals surface area contributed by atoms with Crippen molar-refractivity contribution in [2.24, 2.45) is 0 Å². The lowest BCUT2D eigenvalue weighted by Crippen LogP contribution is -2.37. The summed E-state index contributed by atoms with van der Waals surface area (Å²) in [5.41, 5.74) is 1.26. The maximum atomic E-state index is 9.73. The van der Waals surface area contributed by atoms with Crippen LogP contribution in [0.25, 0.3) is 0 Å². The molecule has 1 N–H and O–H groups in total. The van der Waals surface area contributed by atoms with Crippen molar-refractivity contribution >= 4 is 0 Å². The monoisotopic (exact) mass is 249 g/mol. The Kier molecular flexibility index (Phi) is 4.61. The van der Waals surface area contributed by atoms with Gasteiger partial charge < -0.3 is 9.84 Å². The van der Waals surface area contributed by atoms with E-state index < -0.39 is 0 Å². The lowest BCUT2D eigenvalue weighted by Gasteiger charge is -2.33. The third-order valence-electron chi connectivity index (χ3n) is 3.81. The molecule has 0 spiro atoms. The second-order valence-corrected chi connectivity index (χ2v) is 5.24. The number of aliphatic hydroxyl groups is 1. The van der Waals surface area contributed by atoms with Crippen LogP contribution in [0, 0.1) is 0 Å². The molecule has 3 nitrogen and oxygen atoms in total. The SMILES string of the molecule is COc1cccc(CN(C)C2CCCC(O)C2)c1. The summed E-state index contributed by atoms with van der Waals surface area (Å²) < 4.78 is 5.24. The van der Waals surface area contributed by atoms with Crippen molar-refractivity contribution in [2.75, 3.05) is 14.2 Å². The predicted molar refractivity (Wildman–Crippen MR) is 72.7 cm³/mol. The quantitative estimate of drug-likeness (QED) is 0.889. The number of methoxy groups -OCH3 is 1. The van der Waals surface area contributed by atoms with Crippen molar-refractivity contribution in [1.29, 1.82) is 0 Å². The van der Waals surface area contributed by atoms with Crippen LogP contribution in [0.4, 0.5) is 0 Å². The van der Waals surface area contributed by atoms with Gasteiger partial charge in [0.15, 0.2) is 0 Å². The molecule has 0 radical (unpaired) electrons. The minimum absolute atomic E-state index is 0.114. The molecule has 0 amide bonds. The molecule has 2 unspecified atom stereocenters.